The highest BCUT2D eigenvalue weighted by atomic mass is 16.5. The summed E-state index contributed by atoms with van der Waals surface area (Å²) >= 11 is 0. The van der Waals surface area contributed by atoms with Gasteiger partial charge in [0.25, 0.3) is 0 Å². The Bertz CT molecular complexity index is 494. The molecule has 100 valence electrons. The van der Waals surface area contributed by atoms with Gasteiger partial charge in [0.15, 0.2) is 5.78 Å². The number of ketones is 1. The molecule has 2 aliphatic rings. The highest BCUT2D eigenvalue weighted by Crippen LogP contribution is 2.21. The summed E-state index contributed by atoms with van der Waals surface area (Å²) in [5.74, 6) is 0.327. The van der Waals surface area contributed by atoms with Crippen LogP contribution in [0.1, 0.15) is 6.42 Å². The number of hydrogen-bond acceptors (Lipinski definition) is 5. The lowest BCUT2D eigenvalue weighted by atomic mass is 10.3. The Labute approximate surface area is 111 Å². The van der Waals surface area contributed by atoms with Crippen molar-refractivity contribution in [2.75, 3.05) is 42.6 Å². The highest BCUT2D eigenvalue weighted by Gasteiger charge is 2.29. The normalized spacial score (nSPS) is 20.2. The molecule has 19 heavy (non-hydrogen) atoms. The van der Waals surface area contributed by atoms with Crippen molar-refractivity contribution < 1.29 is 14.3 Å². The molecule has 0 aliphatic carbocycles. The third-order valence-electron chi connectivity index (χ3n) is 3.37. The van der Waals surface area contributed by atoms with Gasteiger partial charge in [-0.05, 0) is 12.1 Å². The van der Waals surface area contributed by atoms with Crippen LogP contribution in [0, 0.1) is 0 Å². The summed E-state index contributed by atoms with van der Waals surface area (Å²) in [6.45, 7) is 3.29. The van der Waals surface area contributed by atoms with E-state index in [4.69, 9.17) is 4.74 Å². The average Bonchev–Trinajstić information content (AvgIpc) is 2.79. The Kier molecular flexibility index (Phi) is 3.16. The monoisotopic (exact) mass is 261 g/mol. The molecule has 1 aromatic heterocycles. The van der Waals surface area contributed by atoms with Gasteiger partial charge in [0, 0.05) is 13.1 Å². The molecule has 3 heterocycles. The largest absolute Gasteiger partial charge is 0.378 e. The van der Waals surface area contributed by atoms with Crippen molar-refractivity contribution in [2.45, 2.75) is 6.42 Å². The second-order valence-electron chi connectivity index (χ2n) is 4.67. The number of pyridine rings is 1. The lowest BCUT2D eigenvalue weighted by Gasteiger charge is -2.28. The molecule has 0 atom stereocenters. The van der Waals surface area contributed by atoms with Gasteiger partial charge in [-0.15, -0.1) is 0 Å². The van der Waals surface area contributed by atoms with Gasteiger partial charge in [0.1, 0.15) is 5.82 Å². The summed E-state index contributed by atoms with van der Waals surface area (Å²) in [5, 5.41) is 0. The Morgan fingerprint density at radius 1 is 1.16 bits per heavy atom. The van der Waals surface area contributed by atoms with E-state index in [2.05, 4.69) is 9.88 Å². The molecule has 6 nitrogen and oxygen atoms in total. The van der Waals surface area contributed by atoms with Crippen LogP contribution in [0.25, 0.3) is 0 Å². The quantitative estimate of drug-likeness (QED) is 0.713. The van der Waals surface area contributed by atoms with Crippen molar-refractivity contribution in [1.29, 1.82) is 0 Å². The molecule has 0 N–H and O–H groups in total. The average molecular weight is 261 g/mol. The van der Waals surface area contributed by atoms with Crippen molar-refractivity contribution in [1.82, 2.24) is 4.98 Å². The molecule has 6 heteroatoms. The van der Waals surface area contributed by atoms with Crippen LogP contribution in [0.5, 0.6) is 0 Å². The molecule has 2 fully saturated rings. The van der Waals surface area contributed by atoms with E-state index in [1.54, 1.807) is 12.3 Å². The second-order valence-corrected chi connectivity index (χ2v) is 4.67. The molecule has 0 radical (unpaired) electrons. The molecule has 2 saturated heterocycles. The summed E-state index contributed by atoms with van der Waals surface area (Å²) in [5.41, 5.74) is 1.02. The van der Waals surface area contributed by atoms with Gasteiger partial charge in [-0.3, -0.25) is 14.5 Å². The van der Waals surface area contributed by atoms with Crippen molar-refractivity contribution in [2.24, 2.45) is 0 Å². The second kappa shape index (κ2) is 4.97. The fraction of sp³-hybridized carbons (Fsp3) is 0.462. The first-order valence-electron chi connectivity index (χ1n) is 6.35. The standard InChI is InChI=1S/C13H15N3O3/c17-11-7-13(18)16(9-11)12-2-1-10(8-14-12)15-3-5-19-6-4-15/h1-2,8H,3-7,9H2. The maximum absolute atomic E-state index is 11.6. The highest BCUT2D eigenvalue weighted by molar-refractivity contribution is 6.14. The minimum atomic E-state index is -0.170. The SMILES string of the molecule is O=C1CC(=O)N(c2ccc(N3CCOCC3)cn2)C1. The Balaban J connectivity index is 1.75. The first kappa shape index (κ1) is 12.1. The molecule has 0 saturated carbocycles. The van der Waals surface area contributed by atoms with Crippen LogP contribution in [0.15, 0.2) is 18.3 Å². The van der Waals surface area contributed by atoms with Gasteiger partial charge in [0.2, 0.25) is 5.91 Å². The van der Waals surface area contributed by atoms with Crippen LogP contribution >= 0.6 is 0 Å². The van der Waals surface area contributed by atoms with Crippen LogP contribution in [0.4, 0.5) is 11.5 Å². The predicted molar refractivity (Wildman–Crippen MR) is 69.2 cm³/mol. The predicted octanol–water partition coefficient (Wildman–Crippen LogP) is 0.224. The molecule has 0 aromatic carbocycles. The van der Waals surface area contributed by atoms with Crippen molar-refractivity contribution >= 4 is 23.2 Å². The molecule has 1 aromatic rings. The summed E-state index contributed by atoms with van der Waals surface area (Å²) in [6, 6.07) is 3.73. The van der Waals surface area contributed by atoms with Crippen LogP contribution in [-0.2, 0) is 14.3 Å². The van der Waals surface area contributed by atoms with E-state index in [-0.39, 0.29) is 24.7 Å². The van der Waals surface area contributed by atoms with Crippen LogP contribution in [0.2, 0.25) is 0 Å². The topological polar surface area (TPSA) is 62.7 Å². The van der Waals surface area contributed by atoms with Crippen molar-refractivity contribution in [3.8, 4) is 0 Å². The Morgan fingerprint density at radius 2 is 1.95 bits per heavy atom. The number of nitrogens with zero attached hydrogens (tertiary/aromatic N) is 3. The summed E-state index contributed by atoms with van der Waals surface area (Å²) in [4.78, 5) is 30.8. The number of morpholine rings is 1. The number of carbonyl (C=O) groups is 2. The van der Waals surface area contributed by atoms with Crippen LogP contribution < -0.4 is 9.80 Å². The Hall–Kier alpha value is -1.95. The van der Waals surface area contributed by atoms with Crippen molar-refractivity contribution in [3.05, 3.63) is 18.3 Å². The molecule has 1 amide bonds. The van der Waals surface area contributed by atoms with E-state index in [0.29, 0.717) is 5.82 Å². The molecule has 0 unspecified atom stereocenters. The number of aromatic nitrogens is 1. The summed E-state index contributed by atoms with van der Waals surface area (Å²) in [6.07, 6.45) is 1.74. The van der Waals surface area contributed by atoms with E-state index in [0.717, 1.165) is 32.0 Å². The maximum Gasteiger partial charge on any atom is 0.236 e. The van der Waals surface area contributed by atoms with Gasteiger partial charge >= 0.3 is 0 Å². The summed E-state index contributed by atoms with van der Waals surface area (Å²) in [7, 11) is 0. The lowest BCUT2D eigenvalue weighted by molar-refractivity contribution is -0.121. The van der Waals surface area contributed by atoms with Gasteiger partial charge in [-0.1, -0.05) is 0 Å². The van der Waals surface area contributed by atoms with Gasteiger partial charge in [0.05, 0.1) is 38.1 Å². The van der Waals surface area contributed by atoms with Crippen LogP contribution in [-0.4, -0.2) is 49.5 Å². The fourth-order valence-corrected chi connectivity index (χ4v) is 2.34. The van der Waals surface area contributed by atoms with E-state index in [1.165, 1.54) is 4.90 Å². The van der Waals surface area contributed by atoms with E-state index < -0.39 is 0 Å². The first-order valence-corrected chi connectivity index (χ1v) is 6.35. The molecular formula is C13H15N3O3. The summed E-state index contributed by atoms with van der Waals surface area (Å²) < 4.78 is 5.30. The van der Waals surface area contributed by atoms with E-state index in [9.17, 15) is 9.59 Å². The van der Waals surface area contributed by atoms with E-state index in [1.807, 2.05) is 6.07 Å². The first-order chi connectivity index (χ1) is 9.24. The molecule has 0 bridgehead atoms. The maximum atomic E-state index is 11.6. The smallest absolute Gasteiger partial charge is 0.236 e. The lowest BCUT2D eigenvalue weighted by Crippen LogP contribution is -2.36. The molecular weight excluding hydrogens is 246 g/mol. The number of amides is 1. The number of anilines is 2. The zero-order chi connectivity index (χ0) is 13.2. The number of carbonyl (C=O) groups excluding carboxylic acids is 2. The molecule has 0 spiro atoms. The van der Waals surface area contributed by atoms with E-state index >= 15 is 0 Å². The van der Waals surface area contributed by atoms with Crippen LogP contribution in [0.3, 0.4) is 0 Å². The van der Waals surface area contributed by atoms with Gasteiger partial charge in [-0.25, -0.2) is 4.98 Å². The number of ether oxygens (including phenoxy) is 1. The fourth-order valence-electron chi connectivity index (χ4n) is 2.34. The molecule has 2 aliphatic heterocycles. The third kappa shape index (κ3) is 2.44. The van der Waals surface area contributed by atoms with Gasteiger partial charge < -0.3 is 9.64 Å². The third-order valence-corrected chi connectivity index (χ3v) is 3.37. The zero-order valence-electron chi connectivity index (χ0n) is 10.5. The number of Topliss-reactive ketones (excluding diaryl/α,β-unsaturated/α-hetero) is 1. The zero-order valence-corrected chi connectivity index (χ0v) is 10.5. The Morgan fingerprint density at radius 3 is 2.53 bits per heavy atom. The van der Waals surface area contributed by atoms with Crippen molar-refractivity contribution in [3.63, 3.8) is 0 Å². The minimum absolute atomic E-state index is 0.00705. The number of rotatable bonds is 2. The number of hydrogen-bond donors (Lipinski definition) is 0. The van der Waals surface area contributed by atoms with Gasteiger partial charge in [-0.2, -0.15) is 0 Å². The minimum Gasteiger partial charge on any atom is -0.378 e. The molecule has 3 rings (SSSR count).